The summed E-state index contributed by atoms with van der Waals surface area (Å²) in [7, 11) is 3.80. The summed E-state index contributed by atoms with van der Waals surface area (Å²) in [5.41, 5.74) is 2.12. The first-order chi connectivity index (χ1) is 5.20. The molecule has 0 saturated heterocycles. The lowest BCUT2D eigenvalue weighted by Gasteiger charge is -1.91. The lowest BCUT2D eigenvalue weighted by molar-refractivity contribution is 0.435. The Kier molecular flexibility index (Phi) is 1.04. The molecule has 0 spiro atoms. The van der Waals surface area contributed by atoms with E-state index >= 15 is 0 Å². The van der Waals surface area contributed by atoms with Crippen LogP contribution in [0.2, 0.25) is 0 Å². The smallest absolute Gasteiger partial charge is 0.193 e. The average Bonchev–Trinajstić information content (AvgIpc) is 2.43. The molecule has 0 aliphatic carbocycles. The van der Waals surface area contributed by atoms with Crippen molar-refractivity contribution in [2.24, 2.45) is 14.1 Å². The van der Waals surface area contributed by atoms with Gasteiger partial charge in [-0.3, -0.25) is 0 Å². The van der Waals surface area contributed by atoms with Gasteiger partial charge in [0.25, 0.3) is 0 Å². The maximum absolute atomic E-state index is 9.31. The normalized spacial score (nSPS) is 11.1. The molecule has 0 atom stereocenters. The van der Waals surface area contributed by atoms with Gasteiger partial charge in [-0.2, -0.15) is 0 Å². The first-order valence-electron chi connectivity index (χ1n) is 3.50. The van der Waals surface area contributed by atoms with Crippen molar-refractivity contribution in [3.63, 3.8) is 0 Å². The van der Waals surface area contributed by atoms with Crippen molar-refractivity contribution in [3.8, 4) is 5.88 Å². The van der Waals surface area contributed by atoms with Crippen LogP contribution in [-0.2, 0) is 14.1 Å². The highest BCUT2D eigenvalue weighted by atomic mass is 16.3. The van der Waals surface area contributed by atoms with Gasteiger partial charge in [0.15, 0.2) is 5.88 Å². The molecule has 1 N–H and O–H groups in total. The van der Waals surface area contributed by atoms with E-state index in [2.05, 4.69) is 0 Å². The lowest BCUT2D eigenvalue weighted by atomic mass is 10.5. The fraction of sp³-hybridized carbons (Fsp3) is 0.250. The third kappa shape index (κ3) is 0.677. The monoisotopic (exact) mass is 150 g/mol. The van der Waals surface area contributed by atoms with E-state index in [4.69, 9.17) is 0 Å². The van der Waals surface area contributed by atoms with E-state index in [9.17, 15) is 5.11 Å². The summed E-state index contributed by atoms with van der Waals surface area (Å²) < 4.78 is 3.74. The molecule has 11 heavy (non-hydrogen) atoms. The molecular formula is C8H10N2O. The van der Waals surface area contributed by atoms with E-state index in [0.717, 1.165) is 11.0 Å². The molecule has 0 fully saturated rings. The summed E-state index contributed by atoms with van der Waals surface area (Å²) >= 11 is 0. The fourth-order valence-electron chi connectivity index (χ4n) is 1.33. The van der Waals surface area contributed by atoms with Gasteiger partial charge in [0, 0.05) is 26.4 Å². The van der Waals surface area contributed by atoms with Crippen molar-refractivity contribution >= 4 is 11.0 Å². The minimum Gasteiger partial charge on any atom is -0.494 e. The quantitative estimate of drug-likeness (QED) is 0.601. The van der Waals surface area contributed by atoms with E-state index < -0.39 is 0 Å². The first kappa shape index (κ1) is 6.34. The number of aromatic nitrogens is 2. The van der Waals surface area contributed by atoms with Gasteiger partial charge in [0.05, 0.1) is 11.0 Å². The Balaban J connectivity index is 2.93. The Bertz CT molecular complexity index is 397. The van der Waals surface area contributed by atoms with Gasteiger partial charge >= 0.3 is 0 Å². The van der Waals surface area contributed by atoms with Crippen LogP contribution in [-0.4, -0.2) is 14.2 Å². The summed E-state index contributed by atoms with van der Waals surface area (Å²) in [6.45, 7) is 0. The summed E-state index contributed by atoms with van der Waals surface area (Å²) in [6.07, 6.45) is 1.98. The second kappa shape index (κ2) is 1.81. The fourth-order valence-corrected chi connectivity index (χ4v) is 1.33. The number of nitrogens with zero attached hydrogens (tertiary/aromatic N) is 2. The molecule has 0 amide bonds. The number of aromatic hydroxyl groups is 1. The van der Waals surface area contributed by atoms with Crippen molar-refractivity contribution in [1.29, 1.82) is 0 Å². The molecule has 0 radical (unpaired) electrons. The third-order valence-electron chi connectivity index (χ3n) is 2.07. The number of hydrogen-bond donors (Lipinski definition) is 1. The van der Waals surface area contributed by atoms with Gasteiger partial charge in [0.1, 0.15) is 0 Å². The molecule has 2 heterocycles. The minimum absolute atomic E-state index is 0.311. The zero-order valence-corrected chi connectivity index (χ0v) is 6.57. The molecule has 2 aromatic heterocycles. The molecule has 58 valence electrons. The van der Waals surface area contributed by atoms with E-state index in [1.807, 2.05) is 30.9 Å². The van der Waals surface area contributed by atoms with Crippen molar-refractivity contribution in [2.75, 3.05) is 0 Å². The van der Waals surface area contributed by atoms with Crippen LogP contribution in [0.3, 0.4) is 0 Å². The third-order valence-corrected chi connectivity index (χ3v) is 2.07. The van der Waals surface area contributed by atoms with E-state index in [1.54, 1.807) is 10.6 Å². The lowest BCUT2D eigenvalue weighted by Crippen LogP contribution is -1.83. The van der Waals surface area contributed by atoms with Gasteiger partial charge in [-0.1, -0.05) is 0 Å². The zero-order valence-electron chi connectivity index (χ0n) is 6.57. The van der Waals surface area contributed by atoms with Gasteiger partial charge in [-0.05, 0) is 6.07 Å². The highest BCUT2D eigenvalue weighted by Gasteiger charge is 2.05. The van der Waals surface area contributed by atoms with Crippen LogP contribution in [0.15, 0.2) is 18.3 Å². The Morgan fingerprint density at radius 2 is 2.00 bits per heavy atom. The Hall–Kier alpha value is -1.38. The number of hydrogen-bond acceptors (Lipinski definition) is 1. The summed E-state index contributed by atoms with van der Waals surface area (Å²) in [5.74, 6) is 0.311. The van der Waals surface area contributed by atoms with Crippen LogP contribution in [0.5, 0.6) is 5.88 Å². The summed E-state index contributed by atoms with van der Waals surface area (Å²) in [6, 6.07) is 3.74. The Labute approximate surface area is 64.5 Å². The van der Waals surface area contributed by atoms with Crippen LogP contribution in [0.4, 0.5) is 0 Å². The molecule has 0 unspecified atom stereocenters. The van der Waals surface area contributed by atoms with E-state index in [1.165, 1.54) is 0 Å². The van der Waals surface area contributed by atoms with Crippen LogP contribution < -0.4 is 0 Å². The van der Waals surface area contributed by atoms with Crippen LogP contribution in [0, 0.1) is 0 Å². The molecular weight excluding hydrogens is 140 g/mol. The largest absolute Gasteiger partial charge is 0.494 e. The summed E-state index contributed by atoms with van der Waals surface area (Å²) in [4.78, 5) is 0. The van der Waals surface area contributed by atoms with Crippen molar-refractivity contribution in [3.05, 3.63) is 18.3 Å². The highest BCUT2D eigenvalue weighted by molar-refractivity contribution is 5.79. The second-order valence-corrected chi connectivity index (χ2v) is 2.76. The number of fused-ring (bicyclic) bond motifs is 1. The topological polar surface area (TPSA) is 30.1 Å². The minimum atomic E-state index is 0.311. The standard InChI is InChI=1S/C8H10N2O/c1-9-4-3-6-7(9)5-8(11)10(6)2/h3-5,11H,1-2H3. The molecule has 0 aliphatic rings. The number of aryl methyl sites for hydroxylation is 2. The molecule has 0 aliphatic heterocycles. The molecule has 3 nitrogen and oxygen atoms in total. The average molecular weight is 150 g/mol. The van der Waals surface area contributed by atoms with Gasteiger partial charge in [-0.15, -0.1) is 0 Å². The molecule has 2 rings (SSSR count). The van der Waals surface area contributed by atoms with Gasteiger partial charge in [-0.25, -0.2) is 0 Å². The SMILES string of the molecule is Cn1ccc2c1cc(O)n2C. The van der Waals surface area contributed by atoms with E-state index in [0.29, 0.717) is 5.88 Å². The van der Waals surface area contributed by atoms with Crippen LogP contribution >= 0.6 is 0 Å². The second-order valence-electron chi connectivity index (χ2n) is 2.76. The molecule has 0 bridgehead atoms. The molecule has 0 aromatic carbocycles. The first-order valence-corrected chi connectivity index (χ1v) is 3.50. The van der Waals surface area contributed by atoms with Crippen molar-refractivity contribution < 1.29 is 5.11 Å². The predicted octanol–water partition coefficient (Wildman–Crippen LogP) is 1.22. The maximum atomic E-state index is 9.31. The molecule has 0 saturated carbocycles. The Morgan fingerprint density at radius 3 is 2.64 bits per heavy atom. The van der Waals surface area contributed by atoms with Gasteiger partial charge in [0.2, 0.25) is 0 Å². The van der Waals surface area contributed by atoms with E-state index in [-0.39, 0.29) is 0 Å². The van der Waals surface area contributed by atoms with Gasteiger partial charge < -0.3 is 14.2 Å². The maximum Gasteiger partial charge on any atom is 0.193 e. The molecule has 2 aromatic rings. The van der Waals surface area contributed by atoms with Crippen LogP contribution in [0.1, 0.15) is 0 Å². The van der Waals surface area contributed by atoms with Crippen LogP contribution in [0.25, 0.3) is 11.0 Å². The predicted molar refractivity (Wildman–Crippen MR) is 43.6 cm³/mol. The van der Waals surface area contributed by atoms with Crippen molar-refractivity contribution in [1.82, 2.24) is 9.13 Å². The number of rotatable bonds is 0. The molecule has 3 heteroatoms. The summed E-state index contributed by atoms with van der Waals surface area (Å²) in [5, 5.41) is 9.31. The zero-order chi connectivity index (χ0) is 8.01. The van der Waals surface area contributed by atoms with Crippen molar-refractivity contribution in [2.45, 2.75) is 0 Å². The Morgan fingerprint density at radius 1 is 1.27 bits per heavy atom. The highest BCUT2D eigenvalue weighted by Crippen LogP contribution is 2.22.